The highest BCUT2D eigenvalue weighted by atomic mass is 16.5. The number of hydrogen-bond acceptors (Lipinski definition) is 2. The molecule has 0 spiro atoms. The number of ether oxygens (including phenoxy) is 1. The van der Waals surface area contributed by atoms with Crippen molar-refractivity contribution in [1.29, 1.82) is 0 Å². The highest BCUT2D eigenvalue weighted by molar-refractivity contribution is 5.85. The van der Waals surface area contributed by atoms with Crippen molar-refractivity contribution in [1.82, 2.24) is 5.32 Å². The van der Waals surface area contributed by atoms with Gasteiger partial charge in [-0.05, 0) is 35.4 Å². The van der Waals surface area contributed by atoms with Crippen LogP contribution in [0, 0.1) is 0 Å². The third kappa shape index (κ3) is 4.35. The molecule has 3 aromatic rings. The molecule has 0 aliphatic heterocycles. The Morgan fingerprint density at radius 3 is 2.46 bits per heavy atom. The molecule has 3 aromatic carbocycles. The molecule has 122 valence electrons. The van der Waals surface area contributed by atoms with Crippen molar-refractivity contribution in [2.24, 2.45) is 0 Å². The number of amides is 1. The Labute approximate surface area is 142 Å². The van der Waals surface area contributed by atoms with E-state index in [4.69, 9.17) is 4.74 Å². The van der Waals surface area contributed by atoms with Crippen molar-refractivity contribution in [2.75, 3.05) is 6.61 Å². The van der Waals surface area contributed by atoms with Crippen LogP contribution in [-0.4, -0.2) is 18.6 Å². The molecule has 0 radical (unpaired) electrons. The zero-order valence-corrected chi connectivity index (χ0v) is 13.7. The quantitative estimate of drug-likeness (QED) is 0.746. The predicted octanol–water partition coefficient (Wildman–Crippen LogP) is 3.97. The number of hydrogen-bond donors (Lipinski definition) is 1. The van der Waals surface area contributed by atoms with E-state index in [0.717, 1.165) is 16.7 Å². The lowest BCUT2D eigenvalue weighted by molar-refractivity contribution is -0.121. The van der Waals surface area contributed by atoms with Gasteiger partial charge in [-0.3, -0.25) is 4.79 Å². The molecule has 3 nitrogen and oxygen atoms in total. The average Bonchev–Trinajstić information content (AvgIpc) is 2.60. The summed E-state index contributed by atoms with van der Waals surface area (Å²) in [5.41, 5.74) is 1.02. The summed E-state index contributed by atoms with van der Waals surface area (Å²) in [6, 6.07) is 23.9. The maximum Gasteiger partial charge on any atom is 0.224 e. The van der Waals surface area contributed by atoms with Gasteiger partial charge in [0.15, 0.2) is 0 Å². The van der Waals surface area contributed by atoms with Crippen LogP contribution in [0.2, 0.25) is 0 Å². The van der Waals surface area contributed by atoms with Gasteiger partial charge in [0.05, 0.1) is 12.5 Å². The Morgan fingerprint density at radius 1 is 0.958 bits per heavy atom. The first-order valence-electron chi connectivity index (χ1n) is 8.15. The molecular formula is C21H21NO2. The molecular weight excluding hydrogens is 298 g/mol. The van der Waals surface area contributed by atoms with E-state index in [9.17, 15) is 4.79 Å². The minimum absolute atomic E-state index is 0.00874. The summed E-state index contributed by atoms with van der Waals surface area (Å²) < 4.78 is 5.66. The summed E-state index contributed by atoms with van der Waals surface area (Å²) in [4.78, 5) is 12.2. The maximum atomic E-state index is 12.2. The molecule has 1 unspecified atom stereocenters. The van der Waals surface area contributed by atoms with Crippen molar-refractivity contribution in [2.45, 2.75) is 19.4 Å². The van der Waals surface area contributed by atoms with Gasteiger partial charge in [0.25, 0.3) is 0 Å². The van der Waals surface area contributed by atoms with E-state index in [0.29, 0.717) is 13.0 Å². The van der Waals surface area contributed by atoms with Crippen LogP contribution in [0.5, 0.6) is 5.75 Å². The van der Waals surface area contributed by atoms with E-state index >= 15 is 0 Å². The zero-order valence-electron chi connectivity index (χ0n) is 13.7. The second-order valence-electron chi connectivity index (χ2n) is 5.95. The standard InChI is InChI=1S/C21H21NO2/c1-16(15-24-20-9-3-2-4-10-20)22-21(23)14-17-11-12-18-7-5-6-8-19(18)13-17/h2-13,16H,14-15H2,1H3,(H,22,23). The van der Waals surface area contributed by atoms with E-state index in [1.165, 1.54) is 5.39 Å². The SMILES string of the molecule is CC(COc1ccccc1)NC(=O)Cc1ccc2ccccc2c1. The molecule has 0 bridgehead atoms. The molecule has 0 fully saturated rings. The second-order valence-corrected chi connectivity index (χ2v) is 5.95. The molecule has 0 saturated heterocycles. The van der Waals surface area contributed by atoms with E-state index in [1.807, 2.05) is 55.5 Å². The van der Waals surface area contributed by atoms with Crippen LogP contribution in [0.4, 0.5) is 0 Å². The van der Waals surface area contributed by atoms with Crippen LogP contribution in [0.3, 0.4) is 0 Å². The highest BCUT2D eigenvalue weighted by Crippen LogP contribution is 2.16. The number of nitrogens with one attached hydrogen (secondary N) is 1. The van der Waals surface area contributed by atoms with Crippen LogP contribution in [0.25, 0.3) is 10.8 Å². The largest absolute Gasteiger partial charge is 0.491 e. The molecule has 0 aliphatic carbocycles. The Kier molecular flexibility index (Phi) is 5.12. The Hall–Kier alpha value is -2.81. The Bertz CT molecular complexity index is 814. The number of carbonyl (C=O) groups excluding carboxylic acids is 1. The van der Waals surface area contributed by atoms with Crippen LogP contribution >= 0.6 is 0 Å². The third-order valence-electron chi connectivity index (χ3n) is 3.83. The molecule has 3 heteroatoms. The number of para-hydroxylation sites is 1. The minimum Gasteiger partial charge on any atom is -0.491 e. The lowest BCUT2D eigenvalue weighted by Gasteiger charge is -2.15. The van der Waals surface area contributed by atoms with Gasteiger partial charge in [-0.25, -0.2) is 0 Å². The zero-order chi connectivity index (χ0) is 16.8. The fourth-order valence-corrected chi connectivity index (χ4v) is 2.64. The molecule has 3 rings (SSSR count). The van der Waals surface area contributed by atoms with Crippen molar-refractivity contribution in [3.05, 3.63) is 78.4 Å². The summed E-state index contributed by atoms with van der Waals surface area (Å²) in [6.45, 7) is 2.40. The third-order valence-corrected chi connectivity index (χ3v) is 3.83. The van der Waals surface area contributed by atoms with Crippen LogP contribution < -0.4 is 10.1 Å². The molecule has 0 heterocycles. The van der Waals surface area contributed by atoms with E-state index in [2.05, 4.69) is 29.6 Å². The van der Waals surface area contributed by atoms with Gasteiger partial charge in [-0.1, -0.05) is 60.7 Å². The number of rotatable bonds is 6. The van der Waals surface area contributed by atoms with E-state index < -0.39 is 0 Å². The highest BCUT2D eigenvalue weighted by Gasteiger charge is 2.09. The molecule has 0 saturated carbocycles. The minimum atomic E-state index is -0.0434. The van der Waals surface area contributed by atoms with Crippen LogP contribution in [-0.2, 0) is 11.2 Å². The molecule has 1 atom stereocenters. The van der Waals surface area contributed by atoms with Gasteiger partial charge in [0.1, 0.15) is 12.4 Å². The van der Waals surface area contributed by atoms with Gasteiger partial charge in [0, 0.05) is 0 Å². The first kappa shape index (κ1) is 16.1. The van der Waals surface area contributed by atoms with Gasteiger partial charge in [-0.2, -0.15) is 0 Å². The number of fused-ring (bicyclic) bond motifs is 1. The monoisotopic (exact) mass is 319 g/mol. The summed E-state index contributed by atoms with van der Waals surface area (Å²) in [5, 5.41) is 5.32. The Balaban J connectivity index is 1.52. The fraction of sp³-hybridized carbons (Fsp3) is 0.190. The molecule has 1 amide bonds. The van der Waals surface area contributed by atoms with Gasteiger partial charge < -0.3 is 10.1 Å². The predicted molar refractivity (Wildman–Crippen MR) is 97.2 cm³/mol. The summed E-state index contributed by atoms with van der Waals surface area (Å²) >= 11 is 0. The Morgan fingerprint density at radius 2 is 1.67 bits per heavy atom. The molecule has 24 heavy (non-hydrogen) atoms. The summed E-state index contributed by atoms with van der Waals surface area (Å²) in [6.07, 6.45) is 0.376. The topological polar surface area (TPSA) is 38.3 Å². The molecule has 0 aromatic heterocycles. The summed E-state index contributed by atoms with van der Waals surface area (Å²) in [7, 11) is 0. The van der Waals surface area contributed by atoms with Gasteiger partial charge >= 0.3 is 0 Å². The first-order chi connectivity index (χ1) is 11.7. The lowest BCUT2D eigenvalue weighted by Crippen LogP contribution is -2.37. The van der Waals surface area contributed by atoms with Crippen molar-refractivity contribution >= 4 is 16.7 Å². The second kappa shape index (κ2) is 7.64. The maximum absolute atomic E-state index is 12.2. The first-order valence-corrected chi connectivity index (χ1v) is 8.15. The lowest BCUT2D eigenvalue weighted by atomic mass is 10.0. The van der Waals surface area contributed by atoms with Crippen molar-refractivity contribution < 1.29 is 9.53 Å². The smallest absolute Gasteiger partial charge is 0.224 e. The number of carbonyl (C=O) groups is 1. The van der Waals surface area contributed by atoms with Gasteiger partial charge in [-0.15, -0.1) is 0 Å². The van der Waals surface area contributed by atoms with E-state index in [-0.39, 0.29) is 11.9 Å². The van der Waals surface area contributed by atoms with Crippen LogP contribution in [0.15, 0.2) is 72.8 Å². The average molecular weight is 319 g/mol. The summed E-state index contributed by atoms with van der Waals surface area (Å²) in [5.74, 6) is 0.822. The van der Waals surface area contributed by atoms with Gasteiger partial charge in [0.2, 0.25) is 5.91 Å². The van der Waals surface area contributed by atoms with Crippen LogP contribution in [0.1, 0.15) is 12.5 Å². The fourth-order valence-electron chi connectivity index (χ4n) is 2.64. The normalized spacial score (nSPS) is 11.9. The van der Waals surface area contributed by atoms with E-state index in [1.54, 1.807) is 0 Å². The molecule has 1 N–H and O–H groups in total. The number of benzene rings is 3. The van der Waals surface area contributed by atoms with Crippen molar-refractivity contribution in [3.8, 4) is 5.75 Å². The molecule has 0 aliphatic rings. The van der Waals surface area contributed by atoms with Crippen molar-refractivity contribution in [3.63, 3.8) is 0 Å².